The zero-order valence-corrected chi connectivity index (χ0v) is 13.4. The van der Waals surface area contributed by atoms with Gasteiger partial charge in [0.15, 0.2) is 0 Å². The smallest absolute Gasteiger partial charge is 0.327 e. The monoisotopic (exact) mass is 359 g/mol. The third kappa shape index (κ3) is 4.28. The number of halogens is 1. The molecule has 0 spiro atoms. The van der Waals surface area contributed by atoms with Crippen molar-refractivity contribution >= 4 is 27.6 Å². The molecule has 1 aromatic heterocycles. The van der Waals surface area contributed by atoms with Gasteiger partial charge in [-0.2, -0.15) is 5.10 Å². The Morgan fingerprint density at radius 1 is 1.62 bits per heavy atom. The zero-order chi connectivity index (χ0) is 15.2. The summed E-state index contributed by atoms with van der Waals surface area (Å²) in [5.74, 6) is -0.521. The number of anilines is 1. The fourth-order valence-corrected chi connectivity index (χ4v) is 2.53. The molecule has 1 aromatic rings. The van der Waals surface area contributed by atoms with Crippen molar-refractivity contribution in [1.29, 1.82) is 0 Å². The van der Waals surface area contributed by atoms with Gasteiger partial charge in [-0.3, -0.25) is 9.59 Å². The standard InChI is InChI=1S/C13H18BrN3O4/c1-20-11(18)8-17-13(19)12(14)10(7-16-17)15-6-9-4-2-3-5-21-9/h7,9,15H,2-6,8H2,1H3. The first kappa shape index (κ1) is 16.0. The van der Waals surface area contributed by atoms with Crippen LogP contribution in [-0.4, -0.2) is 42.1 Å². The van der Waals surface area contributed by atoms with Crippen LogP contribution in [0.4, 0.5) is 5.69 Å². The summed E-state index contributed by atoms with van der Waals surface area (Å²) >= 11 is 3.24. The van der Waals surface area contributed by atoms with Gasteiger partial charge in [0.25, 0.3) is 5.56 Å². The molecule has 0 radical (unpaired) electrons. The summed E-state index contributed by atoms with van der Waals surface area (Å²) in [4.78, 5) is 23.3. The third-order valence-corrected chi connectivity index (χ3v) is 4.05. The molecule has 1 saturated heterocycles. The minimum Gasteiger partial charge on any atom is -0.468 e. The highest BCUT2D eigenvalue weighted by atomic mass is 79.9. The predicted molar refractivity (Wildman–Crippen MR) is 80.3 cm³/mol. The molecule has 0 aromatic carbocycles. The Hall–Kier alpha value is -1.41. The largest absolute Gasteiger partial charge is 0.468 e. The molecule has 8 heteroatoms. The quantitative estimate of drug-likeness (QED) is 0.794. The van der Waals surface area contributed by atoms with E-state index in [0.717, 1.165) is 30.6 Å². The normalized spacial score (nSPS) is 18.3. The van der Waals surface area contributed by atoms with Gasteiger partial charge in [0.2, 0.25) is 0 Å². The first-order valence-electron chi connectivity index (χ1n) is 6.79. The molecule has 21 heavy (non-hydrogen) atoms. The van der Waals surface area contributed by atoms with E-state index in [1.165, 1.54) is 13.3 Å². The Balaban J connectivity index is 2.02. The van der Waals surface area contributed by atoms with Crippen molar-refractivity contribution in [2.75, 3.05) is 25.6 Å². The van der Waals surface area contributed by atoms with Crippen LogP contribution < -0.4 is 10.9 Å². The third-order valence-electron chi connectivity index (χ3n) is 3.29. The number of esters is 1. The van der Waals surface area contributed by atoms with E-state index >= 15 is 0 Å². The molecule has 1 aliphatic heterocycles. The Labute approximate surface area is 130 Å². The lowest BCUT2D eigenvalue weighted by Crippen LogP contribution is -2.30. The van der Waals surface area contributed by atoms with Crippen LogP contribution in [0.25, 0.3) is 0 Å². The number of carbonyl (C=O) groups excluding carboxylic acids is 1. The van der Waals surface area contributed by atoms with Crippen molar-refractivity contribution in [3.8, 4) is 0 Å². The molecule has 0 bridgehead atoms. The van der Waals surface area contributed by atoms with E-state index in [1.54, 1.807) is 0 Å². The van der Waals surface area contributed by atoms with Crippen LogP contribution in [0.1, 0.15) is 19.3 Å². The van der Waals surface area contributed by atoms with Crippen molar-refractivity contribution in [2.24, 2.45) is 0 Å². The Morgan fingerprint density at radius 3 is 3.10 bits per heavy atom. The van der Waals surface area contributed by atoms with Gasteiger partial charge in [0.05, 0.1) is 25.1 Å². The lowest BCUT2D eigenvalue weighted by atomic mass is 10.1. The minimum absolute atomic E-state index is 0.156. The topological polar surface area (TPSA) is 82.5 Å². The van der Waals surface area contributed by atoms with Gasteiger partial charge < -0.3 is 14.8 Å². The summed E-state index contributed by atoms with van der Waals surface area (Å²) in [6.45, 7) is 1.20. The summed E-state index contributed by atoms with van der Waals surface area (Å²) in [6, 6.07) is 0. The van der Waals surface area contributed by atoms with Crippen molar-refractivity contribution in [3.05, 3.63) is 21.0 Å². The average Bonchev–Trinajstić information content (AvgIpc) is 2.52. The molecular weight excluding hydrogens is 342 g/mol. The fraction of sp³-hybridized carbons (Fsp3) is 0.615. The summed E-state index contributed by atoms with van der Waals surface area (Å²) in [7, 11) is 1.27. The van der Waals surface area contributed by atoms with Crippen molar-refractivity contribution in [1.82, 2.24) is 9.78 Å². The number of ether oxygens (including phenoxy) is 2. The van der Waals surface area contributed by atoms with Crippen LogP contribution in [-0.2, 0) is 20.8 Å². The lowest BCUT2D eigenvalue weighted by Gasteiger charge is -2.23. The van der Waals surface area contributed by atoms with Crippen molar-refractivity contribution < 1.29 is 14.3 Å². The van der Waals surface area contributed by atoms with Gasteiger partial charge in [0, 0.05) is 13.2 Å². The zero-order valence-electron chi connectivity index (χ0n) is 11.8. The second-order valence-corrected chi connectivity index (χ2v) is 5.57. The molecule has 116 valence electrons. The molecule has 1 atom stereocenters. The maximum absolute atomic E-state index is 12.1. The molecule has 2 heterocycles. The first-order chi connectivity index (χ1) is 10.1. The van der Waals surface area contributed by atoms with E-state index in [9.17, 15) is 9.59 Å². The number of hydrogen-bond donors (Lipinski definition) is 1. The average molecular weight is 360 g/mol. The van der Waals surface area contributed by atoms with Crippen LogP contribution in [0, 0.1) is 0 Å². The second-order valence-electron chi connectivity index (χ2n) is 4.78. The highest BCUT2D eigenvalue weighted by Crippen LogP contribution is 2.18. The molecule has 7 nitrogen and oxygen atoms in total. The number of nitrogens with one attached hydrogen (secondary N) is 1. The highest BCUT2D eigenvalue weighted by Gasteiger charge is 2.16. The Kier molecular flexibility index (Phi) is 5.75. The van der Waals surface area contributed by atoms with Crippen LogP contribution >= 0.6 is 15.9 Å². The number of carbonyl (C=O) groups is 1. The molecular formula is C13H18BrN3O4. The number of hydrogen-bond acceptors (Lipinski definition) is 6. The minimum atomic E-state index is -0.521. The summed E-state index contributed by atoms with van der Waals surface area (Å²) in [5, 5.41) is 7.11. The number of aromatic nitrogens is 2. The maximum atomic E-state index is 12.1. The van der Waals surface area contributed by atoms with Gasteiger partial charge in [-0.25, -0.2) is 4.68 Å². The number of methoxy groups -OCH3 is 1. The SMILES string of the molecule is COC(=O)Cn1ncc(NCC2CCCCO2)c(Br)c1=O. The first-order valence-corrected chi connectivity index (χ1v) is 7.59. The van der Waals surface area contributed by atoms with Gasteiger partial charge in [-0.1, -0.05) is 0 Å². The predicted octanol–water partition coefficient (Wildman–Crippen LogP) is 1.16. The van der Waals surface area contributed by atoms with Crippen LogP contribution in [0.5, 0.6) is 0 Å². The maximum Gasteiger partial charge on any atom is 0.327 e. The van der Waals surface area contributed by atoms with Crippen molar-refractivity contribution in [2.45, 2.75) is 31.9 Å². The van der Waals surface area contributed by atoms with E-state index in [-0.39, 0.29) is 18.2 Å². The van der Waals surface area contributed by atoms with Gasteiger partial charge in [0.1, 0.15) is 11.0 Å². The second kappa shape index (κ2) is 7.56. The molecule has 1 unspecified atom stereocenters. The Morgan fingerprint density at radius 2 is 2.43 bits per heavy atom. The van der Waals surface area contributed by atoms with E-state index in [0.29, 0.717) is 16.7 Å². The highest BCUT2D eigenvalue weighted by molar-refractivity contribution is 9.10. The number of rotatable bonds is 5. The van der Waals surface area contributed by atoms with Crippen molar-refractivity contribution in [3.63, 3.8) is 0 Å². The molecule has 0 amide bonds. The van der Waals surface area contributed by atoms with Crippen LogP contribution in [0.2, 0.25) is 0 Å². The van der Waals surface area contributed by atoms with Crippen LogP contribution in [0.3, 0.4) is 0 Å². The number of nitrogens with zero attached hydrogens (tertiary/aromatic N) is 2. The van der Waals surface area contributed by atoms with Gasteiger partial charge >= 0.3 is 5.97 Å². The van der Waals surface area contributed by atoms with E-state index in [1.807, 2.05) is 0 Å². The van der Waals surface area contributed by atoms with E-state index in [2.05, 4.69) is 31.1 Å². The summed E-state index contributed by atoms with van der Waals surface area (Å²) < 4.78 is 11.5. The summed E-state index contributed by atoms with van der Waals surface area (Å²) in [5.41, 5.74) is 0.213. The Bertz CT molecular complexity index is 555. The van der Waals surface area contributed by atoms with E-state index in [4.69, 9.17) is 4.74 Å². The molecule has 1 N–H and O–H groups in total. The van der Waals surface area contributed by atoms with Gasteiger partial charge in [-0.05, 0) is 35.2 Å². The lowest BCUT2D eigenvalue weighted by molar-refractivity contribution is -0.141. The molecule has 2 rings (SSSR count). The fourth-order valence-electron chi connectivity index (χ4n) is 2.08. The molecule has 1 fully saturated rings. The molecule has 0 saturated carbocycles. The molecule has 1 aliphatic rings. The van der Waals surface area contributed by atoms with Crippen LogP contribution in [0.15, 0.2) is 15.5 Å². The summed E-state index contributed by atoms with van der Waals surface area (Å²) in [6.07, 6.45) is 4.94. The van der Waals surface area contributed by atoms with Gasteiger partial charge in [-0.15, -0.1) is 0 Å². The molecule has 0 aliphatic carbocycles. The van der Waals surface area contributed by atoms with E-state index < -0.39 is 5.97 Å².